The van der Waals surface area contributed by atoms with Crippen LogP contribution in [0.15, 0.2) is 120 Å². The molecule has 1 aliphatic carbocycles. The lowest BCUT2D eigenvalue weighted by atomic mass is 9.74. The number of halogens is 1. The number of anilines is 2. The second kappa shape index (κ2) is 17.0. The first-order valence-corrected chi connectivity index (χ1v) is 18.1. The van der Waals surface area contributed by atoms with Crippen LogP contribution in [0.3, 0.4) is 0 Å². The smallest absolute Gasteiger partial charge is 0.219 e. The molecule has 7 heteroatoms. The van der Waals surface area contributed by atoms with Crippen molar-refractivity contribution in [3.05, 3.63) is 149 Å². The zero-order chi connectivity index (χ0) is 34.9. The number of aromatic nitrogens is 1. The van der Waals surface area contributed by atoms with Gasteiger partial charge in [-0.25, -0.2) is 9.37 Å². The van der Waals surface area contributed by atoms with E-state index in [0.29, 0.717) is 24.9 Å². The van der Waals surface area contributed by atoms with Gasteiger partial charge in [0.2, 0.25) is 11.8 Å². The molecule has 6 nitrogen and oxygen atoms in total. The van der Waals surface area contributed by atoms with Gasteiger partial charge in [0.25, 0.3) is 0 Å². The van der Waals surface area contributed by atoms with E-state index < -0.39 is 0 Å². The number of rotatable bonds is 15. The molecule has 0 amide bonds. The van der Waals surface area contributed by atoms with Gasteiger partial charge in [0, 0.05) is 31.7 Å². The molecule has 5 aromatic rings. The molecule has 4 aromatic carbocycles. The molecule has 2 unspecified atom stereocenters. The largest absolute Gasteiger partial charge is 0.423 e. The first-order valence-electron chi connectivity index (χ1n) is 18.1. The second-order valence-electron chi connectivity index (χ2n) is 14.1. The molecule has 1 aromatic heterocycles. The summed E-state index contributed by atoms with van der Waals surface area (Å²) >= 11 is 0. The van der Waals surface area contributed by atoms with Crippen LogP contribution < -0.4 is 15.5 Å². The molecule has 1 heterocycles. The summed E-state index contributed by atoms with van der Waals surface area (Å²) in [6.07, 6.45) is 6.96. The van der Waals surface area contributed by atoms with Crippen LogP contribution in [0, 0.1) is 17.7 Å². The summed E-state index contributed by atoms with van der Waals surface area (Å²) in [5.41, 5.74) is 12.3. The number of benzene rings is 4. The van der Waals surface area contributed by atoms with E-state index in [2.05, 4.69) is 121 Å². The number of nitrogens with zero attached hydrogens (tertiary/aromatic N) is 4. The van der Waals surface area contributed by atoms with Crippen molar-refractivity contribution in [2.75, 3.05) is 44.2 Å². The van der Waals surface area contributed by atoms with Gasteiger partial charge in [0.05, 0.1) is 6.67 Å². The third kappa shape index (κ3) is 8.82. The van der Waals surface area contributed by atoms with E-state index in [1.165, 1.54) is 16.7 Å². The lowest BCUT2D eigenvalue weighted by Crippen LogP contribution is -2.36. The average Bonchev–Trinajstić information content (AvgIpc) is 3.56. The van der Waals surface area contributed by atoms with Crippen molar-refractivity contribution in [1.82, 2.24) is 9.88 Å². The van der Waals surface area contributed by atoms with Gasteiger partial charge in [-0.2, -0.15) is 0 Å². The Kier molecular flexibility index (Phi) is 12.0. The lowest BCUT2D eigenvalue weighted by molar-refractivity contribution is 0.142. The van der Waals surface area contributed by atoms with Gasteiger partial charge in [0.15, 0.2) is 0 Å². The van der Waals surface area contributed by atoms with Gasteiger partial charge in [0.1, 0.15) is 17.6 Å². The zero-order valence-electron chi connectivity index (χ0n) is 29.8. The maximum Gasteiger partial charge on any atom is 0.219 e. The van der Waals surface area contributed by atoms with E-state index in [0.717, 1.165) is 68.2 Å². The first-order chi connectivity index (χ1) is 24.4. The van der Waals surface area contributed by atoms with Gasteiger partial charge in [-0.15, -0.1) is 0 Å². The molecule has 1 fully saturated rings. The molecule has 0 aliphatic heterocycles. The van der Waals surface area contributed by atoms with Crippen LogP contribution in [0.4, 0.5) is 16.0 Å². The Morgan fingerprint density at radius 2 is 1.38 bits per heavy atom. The average molecular weight is 674 g/mol. The van der Waals surface area contributed by atoms with E-state index in [1.807, 2.05) is 18.2 Å². The summed E-state index contributed by atoms with van der Waals surface area (Å²) in [5, 5.41) is 0. The number of hydrogen-bond donors (Lipinski definition) is 1. The fraction of sp³-hybridized carbons (Fsp3) is 0.372. The number of nitrogens with two attached hydrogens (primary N) is 1. The highest BCUT2D eigenvalue weighted by Gasteiger charge is 2.35. The Balaban J connectivity index is 1.27. The molecule has 0 spiro atoms. The predicted molar refractivity (Wildman–Crippen MR) is 203 cm³/mol. The van der Waals surface area contributed by atoms with Gasteiger partial charge >= 0.3 is 0 Å². The Labute approximate surface area is 297 Å². The maximum absolute atomic E-state index is 13.8. The molecule has 262 valence electrons. The molecule has 50 heavy (non-hydrogen) atoms. The molecule has 2 N–H and O–H groups in total. The summed E-state index contributed by atoms with van der Waals surface area (Å²) in [4.78, 5) is 12.1. The van der Waals surface area contributed by atoms with Crippen molar-refractivity contribution < 1.29 is 8.81 Å². The van der Waals surface area contributed by atoms with Crippen LogP contribution in [-0.4, -0.2) is 44.2 Å². The molecule has 1 aliphatic rings. The van der Waals surface area contributed by atoms with E-state index in [-0.39, 0.29) is 17.9 Å². The quantitative estimate of drug-likeness (QED) is 0.112. The highest BCUT2D eigenvalue weighted by Crippen LogP contribution is 2.44. The van der Waals surface area contributed by atoms with Gasteiger partial charge < -0.3 is 24.9 Å². The summed E-state index contributed by atoms with van der Waals surface area (Å²) < 4.78 is 20.7. The number of hydrogen-bond acceptors (Lipinski definition) is 6. The van der Waals surface area contributed by atoms with Crippen LogP contribution in [0.5, 0.6) is 0 Å². The standard InChI is InChI=1S/C43H52FN5O/c1-47(2)41(36-23-25-37(44)26-24-36)35-21-19-34(20-22-35)30-40(49(31-45)38-17-11-6-12-18-38)42-46-39(29-33-15-9-5-10-16-33)43(50-42)48(3)28-27-32-13-7-4-8-14-32/h4-18,23-26,34-35,40-41H,19-22,27-31,45H2,1-3H3. The molecule has 6 rings (SSSR count). The summed E-state index contributed by atoms with van der Waals surface area (Å²) in [5.74, 6) is 2.37. The van der Waals surface area contributed by atoms with E-state index in [4.69, 9.17) is 15.1 Å². The maximum atomic E-state index is 13.8. The van der Waals surface area contributed by atoms with Crippen molar-refractivity contribution in [2.45, 2.75) is 57.0 Å². The van der Waals surface area contributed by atoms with Gasteiger partial charge in [-0.05, 0) is 92.6 Å². The van der Waals surface area contributed by atoms with Gasteiger partial charge in [-0.1, -0.05) is 104 Å². The minimum absolute atomic E-state index is 0.114. The van der Waals surface area contributed by atoms with Crippen LogP contribution in [0.2, 0.25) is 0 Å². The molecule has 1 saturated carbocycles. The van der Waals surface area contributed by atoms with Crippen molar-refractivity contribution in [2.24, 2.45) is 17.6 Å². The lowest BCUT2D eigenvalue weighted by Gasteiger charge is -2.39. The van der Waals surface area contributed by atoms with Crippen molar-refractivity contribution >= 4 is 11.6 Å². The fourth-order valence-electron chi connectivity index (χ4n) is 7.85. The molecule has 0 radical (unpaired) electrons. The van der Waals surface area contributed by atoms with E-state index >= 15 is 0 Å². The monoisotopic (exact) mass is 673 g/mol. The third-order valence-electron chi connectivity index (χ3n) is 10.4. The number of para-hydroxylation sites is 1. The van der Waals surface area contributed by atoms with E-state index in [9.17, 15) is 4.39 Å². The van der Waals surface area contributed by atoms with Crippen LogP contribution in [-0.2, 0) is 12.8 Å². The van der Waals surface area contributed by atoms with E-state index in [1.54, 1.807) is 12.1 Å². The predicted octanol–water partition coefficient (Wildman–Crippen LogP) is 9.05. The molecular formula is C43H52FN5O. The number of oxazole rings is 1. The zero-order valence-corrected chi connectivity index (χ0v) is 29.8. The Bertz CT molecular complexity index is 1720. The number of likely N-dealkylation sites (N-methyl/N-ethyl adjacent to an activating group) is 1. The van der Waals surface area contributed by atoms with Gasteiger partial charge in [-0.3, -0.25) is 0 Å². The second-order valence-corrected chi connectivity index (χ2v) is 14.1. The summed E-state index contributed by atoms with van der Waals surface area (Å²) in [6, 6.07) is 38.8. The molecule has 0 saturated heterocycles. The Morgan fingerprint density at radius 1 is 0.780 bits per heavy atom. The Morgan fingerprint density at radius 3 is 1.98 bits per heavy atom. The van der Waals surface area contributed by atoms with Crippen LogP contribution in [0.1, 0.15) is 72.5 Å². The molecule has 2 atom stereocenters. The van der Waals surface area contributed by atoms with Crippen LogP contribution >= 0.6 is 0 Å². The SMILES string of the molecule is CN(CCc1ccccc1)c1oc(C(CC2CCC(C(c3ccc(F)cc3)N(C)C)CC2)N(CN)c2ccccc2)nc1Cc1ccccc1. The topological polar surface area (TPSA) is 61.8 Å². The normalized spacial score (nSPS) is 17.4. The minimum Gasteiger partial charge on any atom is -0.423 e. The molecule has 0 bridgehead atoms. The van der Waals surface area contributed by atoms with Crippen molar-refractivity contribution in [3.8, 4) is 0 Å². The van der Waals surface area contributed by atoms with Crippen molar-refractivity contribution in [3.63, 3.8) is 0 Å². The summed E-state index contributed by atoms with van der Waals surface area (Å²) in [7, 11) is 6.39. The molecular weight excluding hydrogens is 622 g/mol. The first kappa shape index (κ1) is 35.4. The highest BCUT2D eigenvalue weighted by molar-refractivity contribution is 5.49. The van der Waals surface area contributed by atoms with Crippen LogP contribution in [0.25, 0.3) is 0 Å². The third-order valence-corrected chi connectivity index (χ3v) is 10.4. The highest BCUT2D eigenvalue weighted by atomic mass is 19.1. The Hall–Kier alpha value is -4.46. The summed E-state index contributed by atoms with van der Waals surface area (Å²) in [6.45, 7) is 1.17. The minimum atomic E-state index is -0.187. The van der Waals surface area contributed by atoms with Crippen molar-refractivity contribution in [1.29, 1.82) is 0 Å². The fourth-order valence-corrected chi connectivity index (χ4v) is 7.85.